The number of ether oxygens (including phenoxy) is 1. The van der Waals surface area contributed by atoms with Crippen molar-refractivity contribution in [2.45, 2.75) is 6.42 Å². The normalized spacial score (nSPS) is 10.7. The number of nitrogens with zero attached hydrogens (tertiary/aromatic N) is 1. The van der Waals surface area contributed by atoms with E-state index < -0.39 is 0 Å². The van der Waals surface area contributed by atoms with Crippen LogP contribution in [-0.4, -0.2) is 23.0 Å². The average Bonchev–Trinajstić information content (AvgIpc) is 2.62. The fourth-order valence-electron chi connectivity index (χ4n) is 1.56. The molecule has 0 spiro atoms. The van der Waals surface area contributed by atoms with E-state index in [0.29, 0.717) is 11.8 Å². The zero-order valence-corrected chi connectivity index (χ0v) is 8.64. The molecule has 0 aliphatic carbocycles. The Balaban J connectivity index is 2.62. The number of aromatic amines is 1. The second-order valence-electron chi connectivity index (χ2n) is 3.00. The Bertz CT molecular complexity index is 439. The molecular formula is C10H11ClN2O. The maximum atomic E-state index is 5.71. The van der Waals surface area contributed by atoms with Crippen LogP contribution < -0.4 is 4.74 Å². The van der Waals surface area contributed by atoms with Crippen molar-refractivity contribution in [3.05, 3.63) is 24.0 Å². The molecule has 0 saturated heterocycles. The van der Waals surface area contributed by atoms with Crippen molar-refractivity contribution in [2.24, 2.45) is 0 Å². The van der Waals surface area contributed by atoms with Crippen molar-refractivity contribution in [1.29, 1.82) is 0 Å². The Hall–Kier alpha value is -1.22. The van der Waals surface area contributed by atoms with Crippen LogP contribution in [-0.2, 0) is 6.42 Å². The lowest BCUT2D eigenvalue weighted by Crippen LogP contribution is -1.90. The molecule has 0 aliphatic heterocycles. The summed E-state index contributed by atoms with van der Waals surface area (Å²) in [5.41, 5.74) is 2.19. The van der Waals surface area contributed by atoms with Gasteiger partial charge in [0.15, 0.2) is 0 Å². The van der Waals surface area contributed by atoms with Gasteiger partial charge in [0.25, 0.3) is 0 Å². The largest absolute Gasteiger partial charge is 0.480 e. The number of hydrogen-bond donors (Lipinski definition) is 1. The molecule has 3 nitrogen and oxygen atoms in total. The van der Waals surface area contributed by atoms with E-state index in [2.05, 4.69) is 9.97 Å². The zero-order chi connectivity index (χ0) is 9.97. The van der Waals surface area contributed by atoms with Gasteiger partial charge < -0.3 is 9.72 Å². The average molecular weight is 211 g/mol. The molecule has 0 radical (unpaired) electrons. The summed E-state index contributed by atoms with van der Waals surface area (Å²) >= 11 is 5.71. The lowest BCUT2D eigenvalue weighted by Gasteiger charge is -2.01. The van der Waals surface area contributed by atoms with Crippen LogP contribution in [0, 0.1) is 0 Å². The molecule has 2 aromatic rings. The summed E-state index contributed by atoms with van der Waals surface area (Å²) in [5.74, 6) is 1.26. The van der Waals surface area contributed by atoms with E-state index in [1.54, 1.807) is 13.3 Å². The van der Waals surface area contributed by atoms with Crippen LogP contribution in [0.1, 0.15) is 5.56 Å². The molecule has 2 heterocycles. The molecular weight excluding hydrogens is 200 g/mol. The fourth-order valence-corrected chi connectivity index (χ4v) is 1.77. The first-order valence-corrected chi connectivity index (χ1v) is 4.95. The number of fused-ring (bicyclic) bond motifs is 1. The minimum Gasteiger partial charge on any atom is -0.480 e. The van der Waals surface area contributed by atoms with Gasteiger partial charge in [0, 0.05) is 18.3 Å². The van der Waals surface area contributed by atoms with Crippen LogP contribution in [0.4, 0.5) is 0 Å². The number of aromatic nitrogens is 2. The molecule has 2 rings (SSSR count). The third kappa shape index (κ3) is 1.44. The first-order chi connectivity index (χ1) is 6.86. The zero-order valence-electron chi connectivity index (χ0n) is 7.88. The van der Waals surface area contributed by atoms with Gasteiger partial charge in [-0.3, -0.25) is 0 Å². The Morgan fingerprint density at radius 2 is 2.43 bits per heavy atom. The standard InChI is InChI=1S/C10H11ClN2O/c1-14-10-9-7(2-4-11)6-13-8(9)3-5-12-10/h3,5-6,13H,2,4H2,1H3. The van der Waals surface area contributed by atoms with Crippen LogP contribution in [0.15, 0.2) is 18.5 Å². The van der Waals surface area contributed by atoms with Gasteiger partial charge in [0.1, 0.15) is 0 Å². The number of H-pyrrole nitrogens is 1. The number of aryl methyl sites for hydroxylation is 1. The summed E-state index contributed by atoms with van der Waals surface area (Å²) in [6.45, 7) is 0. The van der Waals surface area contributed by atoms with Crippen molar-refractivity contribution in [2.75, 3.05) is 13.0 Å². The van der Waals surface area contributed by atoms with Crippen LogP contribution in [0.25, 0.3) is 10.9 Å². The number of methoxy groups -OCH3 is 1. The summed E-state index contributed by atoms with van der Waals surface area (Å²) in [7, 11) is 1.62. The highest BCUT2D eigenvalue weighted by atomic mass is 35.5. The van der Waals surface area contributed by atoms with E-state index in [9.17, 15) is 0 Å². The van der Waals surface area contributed by atoms with Gasteiger partial charge in [-0.2, -0.15) is 0 Å². The first kappa shape index (κ1) is 9.34. The number of alkyl halides is 1. The SMILES string of the molecule is COc1nccc2[nH]cc(CCCl)c12. The number of rotatable bonds is 3. The first-order valence-electron chi connectivity index (χ1n) is 4.41. The van der Waals surface area contributed by atoms with Gasteiger partial charge in [-0.25, -0.2) is 4.98 Å². The van der Waals surface area contributed by atoms with Crippen LogP contribution in [0.5, 0.6) is 5.88 Å². The lowest BCUT2D eigenvalue weighted by molar-refractivity contribution is 0.403. The predicted octanol–water partition coefficient (Wildman–Crippen LogP) is 2.35. The third-order valence-corrected chi connectivity index (χ3v) is 2.39. The number of nitrogens with one attached hydrogen (secondary N) is 1. The van der Waals surface area contributed by atoms with Gasteiger partial charge in [-0.15, -0.1) is 11.6 Å². The van der Waals surface area contributed by atoms with Crippen molar-refractivity contribution in [3.8, 4) is 5.88 Å². The monoisotopic (exact) mass is 210 g/mol. The summed E-state index contributed by atoms with van der Waals surface area (Å²) in [5, 5.41) is 1.04. The van der Waals surface area contributed by atoms with Crippen LogP contribution in [0.3, 0.4) is 0 Å². The Morgan fingerprint density at radius 1 is 1.57 bits per heavy atom. The molecule has 0 atom stereocenters. The fraction of sp³-hybridized carbons (Fsp3) is 0.300. The quantitative estimate of drug-likeness (QED) is 0.790. The molecule has 14 heavy (non-hydrogen) atoms. The summed E-state index contributed by atoms with van der Waals surface area (Å²) in [6, 6.07) is 1.93. The maximum Gasteiger partial charge on any atom is 0.222 e. The Morgan fingerprint density at radius 3 is 3.14 bits per heavy atom. The van der Waals surface area contributed by atoms with E-state index in [1.165, 1.54) is 0 Å². The van der Waals surface area contributed by atoms with Gasteiger partial charge in [0.05, 0.1) is 18.0 Å². The minimum absolute atomic E-state index is 0.602. The minimum atomic E-state index is 0.602. The van der Waals surface area contributed by atoms with Crippen molar-refractivity contribution in [3.63, 3.8) is 0 Å². The second kappa shape index (κ2) is 3.88. The van der Waals surface area contributed by atoms with Gasteiger partial charge in [-0.05, 0) is 18.1 Å². The van der Waals surface area contributed by atoms with E-state index in [4.69, 9.17) is 16.3 Å². The molecule has 4 heteroatoms. The molecule has 74 valence electrons. The van der Waals surface area contributed by atoms with E-state index in [1.807, 2.05) is 12.3 Å². The lowest BCUT2D eigenvalue weighted by atomic mass is 10.2. The number of hydrogen-bond acceptors (Lipinski definition) is 2. The highest BCUT2D eigenvalue weighted by Gasteiger charge is 2.09. The van der Waals surface area contributed by atoms with Gasteiger partial charge >= 0.3 is 0 Å². The topological polar surface area (TPSA) is 37.9 Å². The Labute approximate surface area is 87.1 Å². The van der Waals surface area contributed by atoms with E-state index in [0.717, 1.165) is 22.9 Å². The third-order valence-electron chi connectivity index (χ3n) is 2.20. The summed E-state index contributed by atoms with van der Waals surface area (Å²) < 4.78 is 5.20. The molecule has 0 aromatic carbocycles. The summed E-state index contributed by atoms with van der Waals surface area (Å²) in [4.78, 5) is 7.32. The van der Waals surface area contributed by atoms with Gasteiger partial charge in [0.2, 0.25) is 5.88 Å². The molecule has 0 amide bonds. The molecule has 0 bridgehead atoms. The van der Waals surface area contributed by atoms with Crippen molar-refractivity contribution in [1.82, 2.24) is 9.97 Å². The number of pyridine rings is 1. The number of halogens is 1. The predicted molar refractivity (Wildman–Crippen MR) is 57.1 cm³/mol. The highest BCUT2D eigenvalue weighted by molar-refractivity contribution is 6.18. The molecule has 0 saturated carbocycles. The van der Waals surface area contributed by atoms with E-state index in [-0.39, 0.29) is 0 Å². The van der Waals surface area contributed by atoms with Gasteiger partial charge in [-0.1, -0.05) is 0 Å². The second-order valence-corrected chi connectivity index (χ2v) is 3.37. The van der Waals surface area contributed by atoms with Crippen LogP contribution >= 0.6 is 11.6 Å². The van der Waals surface area contributed by atoms with E-state index >= 15 is 0 Å². The van der Waals surface area contributed by atoms with Crippen molar-refractivity contribution < 1.29 is 4.74 Å². The van der Waals surface area contributed by atoms with Crippen LogP contribution in [0.2, 0.25) is 0 Å². The summed E-state index contributed by atoms with van der Waals surface area (Å²) in [6.07, 6.45) is 4.50. The molecule has 0 aliphatic rings. The molecule has 0 fully saturated rings. The smallest absolute Gasteiger partial charge is 0.222 e. The molecule has 0 unspecified atom stereocenters. The highest BCUT2D eigenvalue weighted by Crippen LogP contribution is 2.26. The Kier molecular flexibility index (Phi) is 2.59. The molecule has 1 N–H and O–H groups in total. The maximum absolute atomic E-state index is 5.71. The van der Waals surface area contributed by atoms with Crippen molar-refractivity contribution >= 4 is 22.5 Å². The molecule has 2 aromatic heterocycles.